The van der Waals surface area contributed by atoms with Crippen LogP contribution in [0, 0.1) is 5.92 Å². The van der Waals surface area contributed by atoms with E-state index in [0.717, 1.165) is 25.7 Å². The number of sulfonamides is 1. The molecule has 0 spiro atoms. The van der Waals surface area contributed by atoms with Gasteiger partial charge in [-0.1, -0.05) is 35.7 Å². The van der Waals surface area contributed by atoms with Gasteiger partial charge in [0.25, 0.3) is 0 Å². The summed E-state index contributed by atoms with van der Waals surface area (Å²) in [7, 11) is -3.31. The van der Waals surface area contributed by atoms with Crippen LogP contribution in [0.1, 0.15) is 32.6 Å². The highest BCUT2D eigenvalue weighted by Crippen LogP contribution is 2.32. The maximum Gasteiger partial charge on any atom is 0.222 e. The van der Waals surface area contributed by atoms with Crippen molar-refractivity contribution in [1.29, 1.82) is 0 Å². The summed E-state index contributed by atoms with van der Waals surface area (Å²) in [6.07, 6.45) is 3.51. The van der Waals surface area contributed by atoms with Gasteiger partial charge in [0.1, 0.15) is 4.66 Å². The van der Waals surface area contributed by atoms with E-state index >= 15 is 0 Å². The second-order valence-electron chi connectivity index (χ2n) is 4.47. The maximum absolute atomic E-state index is 11.5. The van der Waals surface area contributed by atoms with E-state index in [0.29, 0.717) is 5.92 Å². The van der Waals surface area contributed by atoms with Gasteiger partial charge in [0, 0.05) is 0 Å². The summed E-state index contributed by atoms with van der Waals surface area (Å²) < 4.78 is 25.4. The van der Waals surface area contributed by atoms with Crippen molar-refractivity contribution in [3.05, 3.63) is 0 Å². The van der Waals surface area contributed by atoms with E-state index in [2.05, 4.69) is 27.6 Å². The second-order valence-corrected chi connectivity index (χ2v) is 7.49. The van der Waals surface area contributed by atoms with Gasteiger partial charge >= 0.3 is 0 Å². The molecule has 0 radical (unpaired) electrons. The van der Waals surface area contributed by atoms with Crippen LogP contribution in [0.3, 0.4) is 0 Å². The Morgan fingerprint density at radius 1 is 1.60 bits per heavy atom. The Labute approximate surface area is 99.6 Å². The van der Waals surface area contributed by atoms with Crippen molar-refractivity contribution < 1.29 is 13.5 Å². The van der Waals surface area contributed by atoms with E-state index in [4.69, 9.17) is 0 Å². The zero-order valence-electron chi connectivity index (χ0n) is 8.87. The largest absolute Gasteiger partial charge is 0.394 e. The summed E-state index contributed by atoms with van der Waals surface area (Å²) in [4.78, 5) is 0. The van der Waals surface area contributed by atoms with Crippen molar-refractivity contribution >= 4 is 26.0 Å². The molecule has 0 saturated heterocycles. The van der Waals surface area contributed by atoms with Gasteiger partial charge in [-0.05, 0) is 18.8 Å². The molecule has 1 aliphatic carbocycles. The topological polar surface area (TPSA) is 66.4 Å². The van der Waals surface area contributed by atoms with Crippen molar-refractivity contribution in [3.8, 4) is 0 Å². The van der Waals surface area contributed by atoms with Crippen LogP contribution < -0.4 is 4.72 Å². The van der Waals surface area contributed by atoms with E-state index in [1.165, 1.54) is 0 Å². The lowest BCUT2D eigenvalue weighted by Gasteiger charge is -2.38. The molecule has 1 aliphatic rings. The standard InChI is InChI=1S/C9H18BrNO3S/c1-8-3-2-4-9(5-8,6-12)11-15(13,14)7-10/h8,11-12H,2-7H2,1H3. The fourth-order valence-corrected chi connectivity index (χ4v) is 3.59. The molecule has 1 saturated carbocycles. The zero-order valence-corrected chi connectivity index (χ0v) is 11.3. The number of aliphatic hydroxyl groups is 1. The molecule has 0 bridgehead atoms. The van der Waals surface area contributed by atoms with E-state index in [1.54, 1.807) is 0 Å². The van der Waals surface area contributed by atoms with Crippen LogP contribution in [0.15, 0.2) is 0 Å². The molecule has 0 aromatic rings. The maximum atomic E-state index is 11.5. The zero-order chi connectivity index (χ0) is 11.5. The van der Waals surface area contributed by atoms with Gasteiger partial charge in [-0.3, -0.25) is 0 Å². The highest BCUT2D eigenvalue weighted by molar-refractivity contribution is 9.10. The van der Waals surface area contributed by atoms with Crippen molar-refractivity contribution in [2.75, 3.05) is 11.3 Å². The van der Waals surface area contributed by atoms with Crippen molar-refractivity contribution in [2.24, 2.45) is 5.92 Å². The number of rotatable bonds is 4. The molecule has 0 amide bonds. The van der Waals surface area contributed by atoms with Gasteiger partial charge < -0.3 is 5.11 Å². The van der Waals surface area contributed by atoms with Crippen molar-refractivity contribution in [1.82, 2.24) is 4.72 Å². The smallest absolute Gasteiger partial charge is 0.222 e. The fraction of sp³-hybridized carbons (Fsp3) is 1.00. The number of halogens is 1. The first-order chi connectivity index (χ1) is 6.93. The van der Waals surface area contributed by atoms with Gasteiger partial charge in [0.15, 0.2) is 0 Å². The number of hydrogen-bond donors (Lipinski definition) is 2. The predicted octanol–water partition coefficient (Wildman–Crippen LogP) is 1.20. The van der Waals surface area contributed by atoms with Gasteiger partial charge in [0.2, 0.25) is 10.0 Å². The molecule has 4 nitrogen and oxygen atoms in total. The Bertz CT molecular complexity index is 306. The van der Waals surface area contributed by atoms with E-state index in [9.17, 15) is 13.5 Å². The quantitative estimate of drug-likeness (QED) is 0.767. The second kappa shape index (κ2) is 5.12. The SMILES string of the molecule is CC1CCCC(CO)(NS(=O)(=O)CBr)C1. The van der Waals surface area contributed by atoms with Gasteiger partial charge in [-0.25, -0.2) is 13.1 Å². The van der Waals surface area contributed by atoms with Crippen LogP contribution in [-0.2, 0) is 10.0 Å². The average molecular weight is 300 g/mol. The summed E-state index contributed by atoms with van der Waals surface area (Å²) >= 11 is 2.93. The summed E-state index contributed by atoms with van der Waals surface area (Å²) in [5.41, 5.74) is -0.635. The highest BCUT2D eigenvalue weighted by atomic mass is 79.9. The van der Waals surface area contributed by atoms with Crippen molar-refractivity contribution in [2.45, 2.75) is 38.1 Å². The van der Waals surface area contributed by atoms with Crippen LogP contribution in [0.25, 0.3) is 0 Å². The first-order valence-corrected chi connectivity index (χ1v) is 7.89. The number of hydrogen-bond acceptors (Lipinski definition) is 3. The molecule has 90 valence electrons. The molecule has 2 atom stereocenters. The summed E-state index contributed by atoms with van der Waals surface area (Å²) in [6, 6.07) is 0. The minimum Gasteiger partial charge on any atom is -0.394 e. The molecule has 15 heavy (non-hydrogen) atoms. The van der Waals surface area contributed by atoms with Crippen molar-refractivity contribution in [3.63, 3.8) is 0 Å². The minimum absolute atomic E-state index is 0.115. The van der Waals surface area contributed by atoms with Crippen LogP contribution in [-0.4, -0.2) is 30.3 Å². The summed E-state index contributed by atoms with van der Waals surface area (Å²) in [6.45, 7) is 1.97. The lowest BCUT2D eigenvalue weighted by Crippen LogP contribution is -2.53. The Balaban J connectivity index is 2.76. The van der Waals surface area contributed by atoms with Gasteiger partial charge in [-0.15, -0.1) is 0 Å². The van der Waals surface area contributed by atoms with Gasteiger partial charge in [0.05, 0.1) is 12.1 Å². The summed E-state index contributed by atoms with van der Waals surface area (Å²) in [5.74, 6) is 0.462. The first-order valence-electron chi connectivity index (χ1n) is 5.11. The molecule has 2 N–H and O–H groups in total. The Morgan fingerprint density at radius 2 is 2.27 bits per heavy atom. The third kappa shape index (κ3) is 3.69. The third-order valence-electron chi connectivity index (χ3n) is 2.91. The summed E-state index contributed by atoms with van der Waals surface area (Å²) in [5, 5.41) is 9.38. The molecular weight excluding hydrogens is 282 g/mol. The lowest BCUT2D eigenvalue weighted by molar-refractivity contribution is 0.120. The highest BCUT2D eigenvalue weighted by Gasteiger charge is 2.37. The van der Waals surface area contributed by atoms with Gasteiger partial charge in [-0.2, -0.15) is 0 Å². The van der Waals surface area contributed by atoms with E-state index in [-0.39, 0.29) is 11.3 Å². The molecule has 0 aromatic carbocycles. The monoisotopic (exact) mass is 299 g/mol. The molecule has 1 rings (SSSR count). The molecule has 0 aliphatic heterocycles. The van der Waals surface area contributed by atoms with Crippen LogP contribution in [0.5, 0.6) is 0 Å². The van der Waals surface area contributed by atoms with Crippen LogP contribution in [0.4, 0.5) is 0 Å². The molecule has 6 heteroatoms. The van der Waals surface area contributed by atoms with Crippen LogP contribution in [0.2, 0.25) is 0 Å². The van der Waals surface area contributed by atoms with E-state index < -0.39 is 15.6 Å². The Morgan fingerprint density at radius 3 is 2.73 bits per heavy atom. The molecular formula is C9H18BrNO3S. The Hall–Kier alpha value is 0.350. The average Bonchev–Trinajstić information content (AvgIpc) is 2.17. The third-order valence-corrected chi connectivity index (χ3v) is 5.75. The minimum atomic E-state index is -3.31. The number of alkyl halides is 1. The predicted molar refractivity (Wildman–Crippen MR) is 63.3 cm³/mol. The van der Waals surface area contributed by atoms with E-state index in [1.807, 2.05) is 0 Å². The molecule has 2 unspecified atom stereocenters. The molecule has 0 aromatic heterocycles. The fourth-order valence-electron chi connectivity index (χ4n) is 2.29. The molecule has 1 fully saturated rings. The van der Waals surface area contributed by atoms with Crippen LogP contribution >= 0.6 is 15.9 Å². The number of aliphatic hydroxyl groups excluding tert-OH is 1. The Kier molecular flexibility index (Phi) is 4.58. The lowest BCUT2D eigenvalue weighted by atomic mass is 9.78. The normalized spacial score (nSPS) is 32.9. The first kappa shape index (κ1) is 13.4. The molecule has 0 heterocycles. The number of nitrogens with one attached hydrogen (secondary N) is 1.